The third-order valence-corrected chi connectivity index (χ3v) is 1.99. The minimum absolute atomic E-state index is 0.404. The fourth-order valence-electron chi connectivity index (χ4n) is 1.19. The van der Waals surface area contributed by atoms with Crippen molar-refractivity contribution in [1.82, 2.24) is 0 Å². The zero-order valence-corrected chi connectivity index (χ0v) is 9.68. The van der Waals surface area contributed by atoms with Gasteiger partial charge >= 0.3 is 5.97 Å². The summed E-state index contributed by atoms with van der Waals surface area (Å²) >= 11 is 0. The maximum absolute atomic E-state index is 11.4. The number of terminal acetylenes is 1. The van der Waals surface area contributed by atoms with E-state index in [1.165, 1.54) is 13.2 Å². The number of carbonyl (C=O) groups is 1. The maximum Gasteiger partial charge on any atom is 0.335 e. The van der Waals surface area contributed by atoms with Crippen LogP contribution >= 0.6 is 0 Å². The van der Waals surface area contributed by atoms with Gasteiger partial charge in [0.2, 0.25) is 0 Å². The van der Waals surface area contributed by atoms with Crippen LogP contribution in [0.1, 0.15) is 12.8 Å². The van der Waals surface area contributed by atoms with E-state index in [2.05, 4.69) is 5.92 Å². The van der Waals surface area contributed by atoms with Crippen molar-refractivity contribution in [3.63, 3.8) is 0 Å². The van der Waals surface area contributed by atoms with E-state index in [0.29, 0.717) is 24.3 Å². The number of hydrogen-bond acceptors (Lipinski definition) is 3. The quantitative estimate of drug-likeness (QED) is 0.256. The van der Waals surface area contributed by atoms with Gasteiger partial charge in [-0.1, -0.05) is 18.2 Å². The van der Waals surface area contributed by atoms with Crippen molar-refractivity contribution in [2.45, 2.75) is 12.8 Å². The van der Waals surface area contributed by atoms with E-state index in [1.54, 1.807) is 30.3 Å². The van der Waals surface area contributed by atoms with E-state index in [4.69, 9.17) is 15.9 Å². The molecule has 0 radical (unpaired) electrons. The van der Waals surface area contributed by atoms with Crippen molar-refractivity contribution in [1.29, 1.82) is 0 Å². The molecule has 0 aliphatic carbocycles. The third-order valence-electron chi connectivity index (χ3n) is 1.99. The van der Waals surface area contributed by atoms with Gasteiger partial charge in [0.1, 0.15) is 0 Å². The average Bonchev–Trinajstić information content (AvgIpc) is 2.35. The van der Waals surface area contributed by atoms with Gasteiger partial charge in [-0.25, -0.2) is 4.79 Å². The lowest BCUT2D eigenvalue weighted by molar-refractivity contribution is -0.129. The van der Waals surface area contributed by atoms with E-state index in [0.717, 1.165) is 0 Å². The summed E-state index contributed by atoms with van der Waals surface area (Å²) in [5.74, 6) is 2.98. The van der Waals surface area contributed by atoms with Gasteiger partial charge in [-0.3, -0.25) is 0 Å². The fraction of sp³-hybridized carbons (Fsp3) is 0.214. The molecule has 1 rings (SSSR count). The SMILES string of the molecule is C#CCC/C=C/C(=O)Oc1ccccc1OC. The first-order valence-electron chi connectivity index (χ1n) is 5.22. The van der Waals surface area contributed by atoms with Gasteiger partial charge in [0.15, 0.2) is 11.5 Å². The van der Waals surface area contributed by atoms with Crippen LogP contribution < -0.4 is 9.47 Å². The van der Waals surface area contributed by atoms with Crippen LogP contribution in [0.5, 0.6) is 11.5 Å². The zero-order valence-electron chi connectivity index (χ0n) is 9.68. The predicted octanol–water partition coefficient (Wildman–Crippen LogP) is 2.57. The minimum Gasteiger partial charge on any atom is -0.493 e. The van der Waals surface area contributed by atoms with Crippen molar-refractivity contribution >= 4 is 5.97 Å². The molecule has 0 amide bonds. The van der Waals surface area contributed by atoms with Gasteiger partial charge in [0.05, 0.1) is 7.11 Å². The van der Waals surface area contributed by atoms with Crippen LogP contribution in [0.3, 0.4) is 0 Å². The fourth-order valence-corrected chi connectivity index (χ4v) is 1.19. The van der Waals surface area contributed by atoms with Crippen molar-refractivity contribution in [3.8, 4) is 23.8 Å². The van der Waals surface area contributed by atoms with Gasteiger partial charge in [0.25, 0.3) is 0 Å². The molecular weight excluding hydrogens is 216 g/mol. The van der Waals surface area contributed by atoms with Crippen LogP contribution in [0.4, 0.5) is 0 Å². The third kappa shape index (κ3) is 4.43. The average molecular weight is 230 g/mol. The van der Waals surface area contributed by atoms with Crippen LogP contribution in [-0.4, -0.2) is 13.1 Å². The Morgan fingerprint density at radius 3 is 2.76 bits per heavy atom. The molecule has 0 saturated heterocycles. The monoisotopic (exact) mass is 230 g/mol. The molecule has 0 fully saturated rings. The van der Waals surface area contributed by atoms with E-state index < -0.39 is 5.97 Å². The molecule has 0 spiro atoms. The summed E-state index contributed by atoms with van der Waals surface area (Å²) < 4.78 is 10.2. The first kappa shape index (κ1) is 12.9. The van der Waals surface area contributed by atoms with E-state index in [-0.39, 0.29) is 0 Å². The molecule has 0 aliphatic heterocycles. The molecule has 0 unspecified atom stereocenters. The normalized spacial score (nSPS) is 9.88. The number of rotatable bonds is 5. The topological polar surface area (TPSA) is 35.5 Å². The number of para-hydroxylation sites is 2. The number of esters is 1. The Bertz CT molecular complexity index is 441. The molecule has 88 valence electrons. The van der Waals surface area contributed by atoms with E-state index in [9.17, 15) is 4.79 Å². The molecule has 0 atom stereocenters. The highest BCUT2D eigenvalue weighted by atomic mass is 16.6. The van der Waals surface area contributed by atoms with Crippen molar-refractivity contribution in [2.75, 3.05) is 7.11 Å². The molecule has 0 heterocycles. The van der Waals surface area contributed by atoms with Gasteiger partial charge in [-0.2, -0.15) is 0 Å². The number of ether oxygens (including phenoxy) is 2. The Morgan fingerprint density at radius 1 is 1.41 bits per heavy atom. The summed E-state index contributed by atoms with van der Waals surface area (Å²) in [4.78, 5) is 11.4. The van der Waals surface area contributed by atoms with Crippen molar-refractivity contribution < 1.29 is 14.3 Å². The number of benzene rings is 1. The molecule has 1 aromatic carbocycles. The lowest BCUT2D eigenvalue weighted by atomic mass is 10.3. The maximum atomic E-state index is 11.4. The Hall–Kier alpha value is -2.21. The van der Waals surface area contributed by atoms with Gasteiger partial charge in [-0.15, -0.1) is 12.3 Å². The molecule has 0 aliphatic rings. The zero-order chi connectivity index (χ0) is 12.5. The lowest BCUT2D eigenvalue weighted by Gasteiger charge is -2.06. The smallest absolute Gasteiger partial charge is 0.335 e. The van der Waals surface area contributed by atoms with Crippen LogP contribution in [0.15, 0.2) is 36.4 Å². The molecule has 1 aromatic rings. The molecule has 0 bridgehead atoms. The minimum atomic E-state index is -0.438. The highest BCUT2D eigenvalue weighted by Gasteiger charge is 2.05. The summed E-state index contributed by atoms with van der Waals surface area (Å²) in [5.41, 5.74) is 0. The summed E-state index contributed by atoms with van der Waals surface area (Å²) in [7, 11) is 1.52. The van der Waals surface area contributed by atoms with Gasteiger partial charge < -0.3 is 9.47 Å². The molecule has 0 N–H and O–H groups in total. The molecular formula is C14H14O3. The van der Waals surface area contributed by atoms with Crippen LogP contribution in [0.2, 0.25) is 0 Å². The number of unbranched alkanes of at least 4 members (excludes halogenated alkanes) is 1. The molecule has 3 heteroatoms. The van der Waals surface area contributed by atoms with Crippen LogP contribution in [-0.2, 0) is 4.79 Å². The van der Waals surface area contributed by atoms with Gasteiger partial charge in [0, 0.05) is 12.5 Å². The molecule has 17 heavy (non-hydrogen) atoms. The summed E-state index contributed by atoms with van der Waals surface area (Å²) in [6, 6.07) is 6.97. The van der Waals surface area contributed by atoms with Gasteiger partial charge in [-0.05, 0) is 18.6 Å². The van der Waals surface area contributed by atoms with Crippen LogP contribution in [0.25, 0.3) is 0 Å². The van der Waals surface area contributed by atoms with Crippen LogP contribution in [0, 0.1) is 12.3 Å². The molecule has 0 aromatic heterocycles. The number of allylic oxidation sites excluding steroid dienone is 1. The summed E-state index contributed by atoms with van der Waals surface area (Å²) in [5, 5.41) is 0. The lowest BCUT2D eigenvalue weighted by Crippen LogP contribution is -2.04. The van der Waals surface area contributed by atoms with E-state index >= 15 is 0 Å². The first-order valence-corrected chi connectivity index (χ1v) is 5.22. The largest absolute Gasteiger partial charge is 0.493 e. The number of hydrogen-bond donors (Lipinski definition) is 0. The molecule has 0 saturated carbocycles. The Balaban J connectivity index is 2.56. The second-order valence-corrected chi connectivity index (χ2v) is 3.22. The second kappa shape index (κ2) is 7.13. The highest BCUT2D eigenvalue weighted by molar-refractivity contribution is 5.84. The van der Waals surface area contributed by atoms with Crippen molar-refractivity contribution in [2.24, 2.45) is 0 Å². The Kier molecular flexibility index (Phi) is 5.39. The predicted molar refractivity (Wildman–Crippen MR) is 65.8 cm³/mol. The highest BCUT2D eigenvalue weighted by Crippen LogP contribution is 2.25. The Morgan fingerprint density at radius 2 is 2.12 bits per heavy atom. The van der Waals surface area contributed by atoms with E-state index in [1.807, 2.05) is 0 Å². The second-order valence-electron chi connectivity index (χ2n) is 3.22. The molecule has 3 nitrogen and oxygen atoms in total. The Labute approximate surface area is 101 Å². The number of methoxy groups -OCH3 is 1. The van der Waals surface area contributed by atoms with Crippen molar-refractivity contribution in [3.05, 3.63) is 36.4 Å². The summed E-state index contributed by atoms with van der Waals surface area (Å²) in [6.07, 6.45) is 9.42. The summed E-state index contributed by atoms with van der Waals surface area (Å²) in [6.45, 7) is 0. The standard InChI is InChI=1S/C14H14O3/c1-3-4-5-6-11-14(15)17-13-10-8-7-9-12(13)16-2/h1,6-11H,4-5H2,2H3/b11-6+. The number of carbonyl (C=O) groups excluding carboxylic acids is 1. The first-order chi connectivity index (χ1) is 8.27.